The third-order valence-corrected chi connectivity index (χ3v) is 7.44. The summed E-state index contributed by atoms with van der Waals surface area (Å²) in [6, 6.07) is 17.5. The van der Waals surface area contributed by atoms with Crippen LogP contribution >= 0.6 is 23.4 Å². The van der Waals surface area contributed by atoms with E-state index in [9.17, 15) is 19.2 Å². The predicted molar refractivity (Wildman–Crippen MR) is 160 cm³/mol. The first-order valence-electron chi connectivity index (χ1n) is 12.7. The van der Waals surface area contributed by atoms with E-state index in [1.165, 1.54) is 18.7 Å². The highest BCUT2D eigenvalue weighted by Gasteiger charge is 2.36. The molecule has 41 heavy (non-hydrogen) atoms. The number of carbonyl (C=O) groups excluding carboxylic acids is 4. The van der Waals surface area contributed by atoms with Crippen LogP contribution in [0.25, 0.3) is 6.08 Å². The molecule has 1 saturated heterocycles. The standard InChI is InChI=1S/C30H28ClN3O6S/c1-4-19-6-10-21(11-7-19)32-28(36)17-40-24-12-8-20(13-25(24)39-3)14-26-29(37)34(30(38)41-26)16-27(35)33-22-9-5-18(2)23(31)15-22/h5-15H,4,16-17H2,1-3H3,(H,32,36)(H,33,35)/b26-14-. The maximum atomic E-state index is 12.9. The number of anilines is 2. The molecule has 0 bridgehead atoms. The Morgan fingerprint density at radius 2 is 1.66 bits per heavy atom. The first kappa shape index (κ1) is 29.7. The molecule has 0 aromatic heterocycles. The molecule has 0 aliphatic carbocycles. The number of halogens is 1. The number of hydrogen-bond donors (Lipinski definition) is 2. The normalized spacial score (nSPS) is 13.9. The lowest BCUT2D eigenvalue weighted by Crippen LogP contribution is -2.36. The second-order valence-corrected chi connectivity index (χ2v) is 10.5. The van der Waals surface area contributed by atoms with Crippen molar-refractivity contribution in [3.63, 3.8) is 0 Å². The van der Waals surface area contributed by atoms with Crippen LogP contribution in [0, 0.1) is 6.92 Å². The molecule has 0 radical (unpaired) electrons. The Morgan fingerprint density at radius 3 is 2.34 bits per heavy atom. The Bertz CT molecular complexity index is 1520. The molecule has 0 unspecified atom stereocenters. The zero-order chi connectivity index (χ0) is 29.5. The van der Waals surface area contributed by atoms with Gasteiger partial charge < -0.3 is 20.1 Å². The van der Waals surface area contributed by atoms with Crippen LogP contribution in [0.15, 0.2) is 65.6 Å². The molecule has 4 amide bonds. The van der Waals surface area contributed by atoms with E-state index in [1.54, 1.807) is 36.4 Å². The van der Waals surface area contributed by atoms with Crippen LogP contribution in [0.2, 0.25) is 5.02 Å². The summed E-state index contributed by atoms with van der Waals surface area (Å²) in [5.74, 6) is -0.765. The molecule has 4 rings (SSSR count). The summed E-state index contributed by atoms with van der Waals surface area (Å²) < 4.78 is 11.1. The van der Waals surface area contributed by atoms with Gasteiger partial charge in [0.15, 0.2) is 18.1 Å². The first-order chi connectivity index (χ1) is 19.7. The van der Waals surface area contributed by atoms with E-state index in [0.29, 0.717) is 33.5 Å². The summed E-state index contributed by atoms with van der Waals surface area (Å²) in [6.45, 7) is 3.22. The Balaban J connectivity index is 1.36. The van der Waals surface area contributed by atoms with Crippen molar-refractivity contribution in [2.45, 2.75) is 20.3 Å². The molecule has 0 spiro atoms. The lowest BCUT2D eigenvalue weighted by atomic mass is 10.1. The van der Waals surface area contributed by atoms with Crippen molar-refractivity contribution in [1.82, 2.24) is 4.90 Å². The number of methoxy groups -OCH3 is 1. The van der Waals surface area contributed by atoms with Crippen molar-refractivity contribution in [2.75, 3.05) is 30.9 Å². The van der Waals surface area contributed by atoms with Crippen LogP contribution in [0.3, 0.4) is 0 Å². The fraction of sp³-hybridized carbons (Fsp3) is 0.200. The van der Waals surface area contributed by atoms with E-state index >= 15 is 0 Å². The average Bonchev–Trinajstić information content (AvgIpc) is 3.21. The smallest absolute Gasteiger partial charge is 0.294 e. The molecule has 2 N–H and O–H groups in total. The maximum Gasteiger partial charge on any atom is 0.294 e. The predicted octanol–water partition coefficient (Wildman–Crippen LogP) is 5.91. The van der Waals surface area contributed by atoms with Crippen LogP contribution in [-0.4, -0.2) is 48.1 Å². The molecule has 3 aromatic carbocycles. The molecule has 1 heterocycles. The Morgan fingerprint density at radius 1 is 0.951 bits per heavy atom. The minimum Gasteiger partial charge on any atom is -0.493 e. The summed E-state index contributed by atoms with van der Waals surface area (Å²) in [6.07, 6.45) is 2.44. The Hall–Kier alpha value is -4.28. The quantitative estimate of drug-likeness (QED) is 0.281. The molecule has 212 valence electrons. The number of rotatable bonds is 10. The largest absolute Gasteiger partial charge is 0.493 e. The molecular weight excluding hydrogens is 566 g/mol. The highest BCUT2D eigenvalue weighted by molar-refractivity contribution is 8.18. The lowest BCUT2D eigenvalue weighted by molar-refractivity contribution is -0.127. The van der Waals surface area contributed by atoms with Gasteiger partial charge in [0.25, 0.3) is 17.1 Å². The molecule has 9 nitrogen and oxygen atoms in total. The summed E-state index contributed by atoms with van der Waals surface area (Å²) in [4.78, 5) is 51.3. The number of thioether (sulfide) groups is 1. The van der Waals surface area contributed by atoms with Gasteiger partial charge in [0.2, 0.25) is 5.91 Å². The van der Waals surface area contributed by atoms with Gasteiger partial charge in [0.1, 0.15) is 6.54 Å². The van der Waals surface area contributed by atoms with E-state index in [-0.39, 0.29) is 17.4 Å². The van der Waals surface area contributed by atoms with E-state index in [0.717, 1.165) is 28.6 Å². The van der Waals surface area contributed by atoms with Crippen molar-refractivity contribution in [3.8, 4) is 11.5 Å². The van der Waals surface area contributed by atoms with Gasteiger partial charge in [-0.25, -0.2) is 0 Å². The van der Waals surface area contributed by atoms with Gasteiger partial charge in [-0.15, -0.1) is 0 Å². The third kappa shape index (κ3) is 7.68. The highest BCUT2D eigenvalue weighted by atomic mass is 35.5. The Kier molecular flexibility index (Phi) is 9.69. The highest BCUT2D eigenvalue weighted by Crippen LogP contribution is 2.34. The number of ether oxygens (including phenoxy) is 2. The van der Waals surface area contributed by atoms with E-state index in [4.69, 9.17) is 21.1 Å². The van der Waals surface area contributed by atoms with Crippen molar-refractivity contribution in [3.05, 3.63) is 87.3 Å². The molecule has 11 heteroatoms. The number of hydrogen-bond acceptors (Lipinski definition) is 7. The van der Waals surface area contributed by atoms with Gasteiger partial charge in [0.05, 0.1) is 12.0 Å². The van der Waals surface area contributed by atoms with E-state index in [1.807, 2.05) is 31.2 Å². The fourth-order valence-electron chi connectivity index (χ4n) is 3.86. The van der Waals surface area contributed by atoms with Crippen LogP contribution in [-0.2, 0) is 20.8 Å². The zero-order valence-corrected chi connectivity index (χ0v) is 24.2. The summed E-state index contributed by atoms with van der Waals surface area (Å²) >= 11 is 6.83. The molecular formula is C30H28ClN3O6S. The number of carbonyl (C=O) groups is 4. The first-order valence-corrected chi connectivity index (χ1v) is 13.9. The topological polar surface area (TPSA) is 114 Å². The number of benzene rings is 3. The van der Waals surface area contributed by atoms with E-state index in [2.05, 4.69) is 17.6 Å². The molecule has 1 fully saturated rings. The molecule has 0 saturated carbocycles. The molecule has 1 aliphatic heterocycles. The van der Waals surface area contributed by atoms with Gasteiger partial charge in [-0.05, 0) is 84.3 Å². The molecule has 3 aromatic rings. The number of amides is 4. The SMILES string of the molecule is CCc1ccc(NC(=O)COc2ccc(/C=C3\SC(=O)N(CC(=O)Nc4ccc(C)c(Cl)c4)C3=O)cc2OC)cc1. The minimum absolute atomic E-state index is 0.158. The lowest BCUT2D eigenvalue weighted by Gasteiger charge is -2.13. The van der Waals surface area contributed by atoms with Crippen molar-refractivity contribution >= 4 is 63.8 Å². The van der Waals surface area contributed by atoms with Crippen LogP contribution in [0.5, 0.6) is 11.5 Å². The average molecular weight is 594 g/mol. The minimum atomic E-state index is -0.583. The van der Waals surface area contributed by atoms with Gasteiger partial charge in [-0.1, -0.05) is 42.8 Å². The summed E-state index contributed by atoms with van der Waals surface area (Å²) in [5.41, 5.74) is 3.73. The zero-order valence-electron chi connectivity index (χ0n) is 22.7. The second-order valence-electron chi connectivity index (χ2n) is 9.08. The van der Waals surface area contributed by atoms with Crippen LogP contribution in [0.1, 0.15) is 23.6 Å². The number of nitrogens with one attached hydrogen (secondary N) is 2. The third-order valence-electron chi connectivity index (χ3n) is 6.12. The van der Waals surface area contributed by atoms with Gasteiger partial charge in [-0.3, -0.25) is 24.1 Å². The number of aryl methyl sites for hydroxylation is 2. The summed E-state index contributed by atoms with van der Waals surface area (Å²) in [5, 5.41) is 5.36. The van der Waals surface area contributed by atoms with Crippen molar-refractivity contribution in [1.29, 1.82) is 0 Å². The van der Waals surface area contributed by atoms with Crippen molar-refractivity contribution in [2.24, 2.45) is 0 Å². The fourth-order valence-corrected chi connectivity index (χ4v) is 4.88. The van der Waals surface area contributed by atoms with Gasteiger partial charge >= 0.3 is 0 Å². The maximum absolute atomic E-state index is 12.9. The Labute approximate surface area is 246 Å². The van der Waals surface area contributed by atoms with Gasteiger partial charge in [-0.2, -0.15) is 0 Å². The second kappa shape index (κ2) is 13.4. The molecule has 0 atom stereocenters. The van der Waals surface area contributed by atoms with Crippen LogP contribution in [0.4, 0.5) is 16.2 Å². The summed E-state index contributed by atoms with van der Waals surface area (Å²) in [7, 11) is 1.45. The van der Waals surface area contributed by atoms with E-state index < -0.39 is 23.6 Å². The number of nitrogens with zero attached hydrogens (tertiary/aromatic N) is 1. The molecule has 1 aliphatic rings. The van der Waals surface area contributed by atoms with Crippen molar-refractivity contribution < 1.29 is 28.7 Å². The number of imide groups is 1. The van der Waals surface area contributed by atoms with Crippen LogP contribution < -0.4 is 20.1 Å². The monoisotopic (exact) mass is 593 g/mol. The van der Waals surface area contributed by atoms with Gasteiger partial charge in [0, 0.05) is 16.4 Å².